The molecule has 0 amide bonds. The molecular formula is C12H14F3NO4S. The molecule has 2 atom stereocenters. The zero-order valence-electron chi connectivity index (χ0n) is 11.0. The average molecular weight is 325 g/mol. The van der Waals surface area contributed by atoms with Gasteiger partial charge in [0, 0.05) is 0 Å². The second kappa shape index (κ2) is 6.44. The molecule has 0 bridgehead atoms. The van der Waals surface area contributed by atoms with E-state index in [1.807, 2.05) is 0 Å². The minimum absolute atomic E-state index is 0.250. The highest BCUT2D eigenvalue weighted by Gasteiger charge is 2.46. The highest BCUT2D eigenvalue weighted by Crippen LogP contribution is 2.25. The third-order valence-corrected chi connectivity index (χ3v) is 4.62. The lowest BCUT2D eigenvalue weighted by molar-refractivity contribution is -0.139. The van der Waals surface area contributed by atoms with Gasteiger partial charge in [0.2, 0.25) is 10.0 Å². The fraction of sp³-hybridized carbons (Fsp3) is 0.417. The second-order valence-corrected chi connectivity index (χ2v) is 6.46. The molecule has 0 aliphatic rings. The van der Waals surface area contributed by atoms with Crippen molar-refractivity contribution >= 4 is 16.0 Å². The normalized spacial score (nSPS) is 15.4. The molecule has 0 saturated carbocycles. The molecule has 5 nitrogen and oxygen atoms in total. The molecule has 0 spiro atoms. The molecule has 0 heterocycles. The van der Waals surface area contributed by atoms with Crippen LogP contribution in [-0.4, -0.2) is 37.0 Å². The lowest BCUT2D eigenvalue weighted by Gasteiger charge is -2.20. The number of carbonyl (C=O) groups is 1. The van der Waals surface area contributed by atoms with Crippen LogP contribution in [0, 0.1) is 0 Å². The number of sulfonamides is 1. The monoisotopic (exact) mass is 325 g/mol. The van der Waals surface area contributed by atoms with Gasteiger partial charge in [-0.1, -0.05) is 30.3 Å². The van der Waals surface area contributed by atoms with E-state index in [4.69, 9.17) is 5.11 Å². The summed E-state index contributed by atoms with van der Waals surface area (Å²) in [7, 11) is -4.84. The average Bonchev–Trinajstić information content (AvgIpc) is 2.37. The van der Waals surface area contributed by atoms with E-state index in [1.54, 1.807) is 35.1 Å². The first-order valence-corrected chi connectivity index (χ1v) is 7.43. The van der Waals surface area contributed by atoms with Crippen LogP contribution in [0.3, 0.4) is 0 Å². The Labute approximate surface area is 119 Å². The molecule has 0 aliphatic carbocycles. The van der Waals surface area contributed by atoms with Gasteiger partial charge in [0.15, 0.2) is 5.25 Å². The SMILES string of the molecule is CC(C(F)(F)F)S(=O)(=O)N[C@H](Cc1ccccc1)C(=O)O. The number of benzene rings is 1. The summed E-state index contributed by atoms with van der Waals surface area (Å²) in [5, 5.41) is 6.28. The summed E-state index contributed by atoms with van der Waals surface area (Å²) in [6.45, 7) is 0.462. The lowest BCUT2D eigenvalue weighted by atomic mass is 10.1. The maximum absolute atomic E-state index is 12.5. The van der Waals surface area contributed by atoms with Crippen LogP contribution in [0.4, 0.5) is 13.2 Å². The Balaban J connectivity index is 2.91. The molecular weight excluding hydrogens is 311 g/mol. The molecule has 1 aromatic rings. The molecule has 0 fully saturated rings. The Bertz CT molecular complexity index is 586. The first-order valence-electron chi connectivity index (χ1n) is 5.88. The van der Waals surface area contributed by atoms with Gasteiger partial charge in [0.1, 0.15) is 6.04 Å². The molecule has 2 N–H and O–H groups in total. The van der Waals surface area contributed by atoms with Gasteiger partial charge >= 0.3 is 12.1 Å². The highest BCUT2D eigenvalue weighted by atomic mass is 32.2. The fourth-order valence-electron chi connectivity index (χ4n) is 1.51. The van der Waals surface area contributed by atoms with Crippen molar-refractivity contribution in [1.29, 1.82) is 0 Å². The number of hydrogen-bond acceptors (Lipinski definition) is 3. The number of rotatable bonds is 6. The van der Waals surface area contributed by atoms with Crippen LogP contribution in [-0.2, 0) is 21.2 Å². The number of aliphatic carboxylic acids is 1. The van der Waals surface area contributed by atoms with Crippen LogP contribution in [0.1, 0.15) is 12.5 Å². The number of carboxylic acids is 1. The van der Waals surface area contributed by atoms with E-state index in [0.717, 1.165) is 0 Å². The van der Waals surface area contributed by atoms with Crippen molar-refractivity contribution in [2.75, 3.05) is 0 Å². The first kappa shape index (κ1) is 17.4. The number of halogens is 3. The summed E-state index contributed by atoms with van der Waals surface area (Å²) < 4.78 is 62.1. The van der Waals surface area contributed by atoms with Crippen LogP contribution in [0.25, 0.3) is 0 Å². The van der Waals surface area contributed by atoms with Crippen molar-refractivity contribution in [3.63, 3.8) is 0 Å². The van der Waals surface area contributed by atoms with Crippen LogP contribution >= 0.6 is 0 Å². The second-order valence-electron chi connectivity index (χ2n) is 4.43. The zero-order valence-corrected chi connectivity index (χ0v) is 11.8. The molecule has 118 valence electrons. The van der Waals surface area contributed by atoms with Crippen LogP contribution in [0.2, 0.25) is 0 Å². The summed E-state index contributed by atoms with van der Waals surface area (Å²) >= 11 is 0. The highest BCUT2D eigenvalue weighted by molar-refractivity contribution is 7.90. The van der Waals surface area contributed by atoms with Crippen LogP contribution in [0.15, 0.2) is 30.3 Å². The number of hydrogen-bond donors (Lipinski definition) is 2. The number of carboxylic acid groups (broad SMARTS) is 1. The Morgan fingerprint density at radius 2 is 1.81 bits per heavy atom. The van der Waals surface area contributed by atoms with Crippen molar-refractivity contribution < 1.29 is 31.5 Å². The standard InChI is InChI=1S/C12H14F3NO4S/c1-8(12(13,14)15)21(19,20)16-10(11(17)18)7-9-5-3-2-4-6-9/h2-6,8,10,16H,7H2,1H3,(H,17,18)/t8?,10-/m1/s1. The molecule has 1 rings (SSSR count). The van der Waals surface area contributed by atoms with E-state index in [2.05, 4.69) is 0 Å². The van der Waals surface area contributed by atoms with Gasteiger partial charge in [-0.3, -0.25) is 4.79 Å². The zero-order chi connectivity index (χ0) is 16.3. The summed E-state index contributed by atoms with van der Waals surface area (Å²) in [4.78, 5) is 11.0. The molecule has 1 aromatic carbocycles. The van der Waals surface area contributed by atoms with Gasteiger partial charge in [-0.05, 0) is 18.9 Å². The predicted molar refractivity (Wildman–Crippen MR) is 69.1 cm³/mol. The van der Waals surface area contributed by atoms with E-state index >= 15 is 0 Å². The Kier molecular flexibility index (Phi) is 5.35. The van der Waals surface area contributed by atoms with E-state index in [-0.39, 0.29) is 6.42 Å². The van der Waals surface area contributed by atoms with Crippen molar-refractivity contribution in [2.45, 2.75) is 30.8 Å². The molecule has 0 aromatic heterocycles. The van der Waals surface area contributed by atoms with E-state index in [1.165, 1.54) is 0 Å². The number of alkyl halides is 3. The summed E-state index contributed by atoms with van der Waals surface area (Å²) in [6, 6.07) is 6.34. The fourth-order valence-corrected chi connectivity index (χ4v) is 2.64. The number of nitrogens with one attached hydrogen (secondary N) is 1. The van der Waals surface area contributed by atoms with Crippen LogP contribution < -0.4 is 4.72 Å². The Morgan fingerprint density at radius 3 is 2.24 bits per heavy atom. The quantitative estimate of drug-likeness (QED) is 0.831. The van der Waals surface area contributed by atoms with Crippen molar-refractivity contribution in [1.82, 2.24) is 4.72 Å². The third-order valence-electron chi connectivity index (χ3n) is 2.81. The van der Waals surface area contributed by atoms with Gasteiger partial charge in [-0.15, -0.1) is 0 Å². The van der Waals surface area contributed by atoms with Gasteiger partial charge in [-0.25, -0.2) is 13.1 Å². The van der Waals surface area contributed by atoms with Gasteiger partial charge in [0.25, 0.3) is 0 Å². The van der Waals surface area contributed by atoms with Gasteiger partial charge < -0.3 is 5.11 Å². The molecule has 0 aliphatic heterocycles. The minimum atomic E-state index is -4.97. The van der Waals surface area contributed by atoms with Gasteiger partial charge in [-0.2, -0.15) is 13.2 Å². The largest absolute Gasteiger partial charge is 0.480 e. The lowest BCUT2D eigenvalue weighted by Crippen LogP contribution is -2.49. The molecule has 0 saturated heterocycles. The smallest absolute Gasteiger partial charge is 0.406 e. The van der Waals surface area contributed by atoms with E-state index in [0.29, 0.717) is 12.5 Å². The van der Waals surface area contributed by atoms with E-state index in [9.17, 15) is 26.4 Å². The molecule has 21 heavy (non-hydrogen) atoms. The third kappa shape index (κ3) is 5.01. The molecule has 1 unspecified atom stereocenters. The minimum Gasteiger partial charge on any atom is -0.480 e. The summed E-state index contributed by atoms with van der Waals surface area (Å²) in [6.07, 6.45) is -5.22. The van der Waals surface area contributed by atoms with E-state index < -0.39 is 33.5 Å². The van der Waals surface area contributed by atoms with Gasteiger partial charge in [0.05, 0.1) is 0 Å². The van der Waals surface area contributed by atoms with Crippen molar-refractivity contribution in [3.8, 4) is 0 Å². The Morgan fingerprint density at radius 1 is 1.29 bits per heavy atom. The Hall–Kier alpha value is -1.61. The summed E-state index contributed by atoms with van der Waals surface area (Å²) in [5.74, 6) is -1.54. The maximum Gasteiger partial charge on any atom is 0.406 e. The maximum atomic E-state index is 12.5. The molecule has 9 heteroatoms. The van der Waals surface area contributed by atoms with Crippen molar-refractivity contribution in [2.24, 2.45) is 0 Å². The summed E-state index contributed by atoms with van der Waals surface area (Å²) in [5.41, 5.74) is 0.493. The topological polar surface area (TPSA) is 83.5 Å². The van der Waals surface area contributed by atoms with Crippen molar-refractivity contribution in [3.05, 3.63) is 35.9 Å². The predicted octanol–water partition coefficient (Wildman–Crippen LogP) is 1.55. The first-order chi connectivity index (χ1) is 9.54. The molecule has 0 radical (unpaired) electrons. The van der Waals surface area contributed by atoms with Crippen LogP contribution in [0.5, 0.6) is 0 Å².